The highest BCUT2D eigenvalue weighted by Gasteiger charge is 2.23. The van der Waals surface area contributed by atoms with Crippen LogP contribution in [0.4, 0.5) is 0 Å². The minimum absolute atomic E-state index is 0.492. The van der Waals surface area contributed by atoms with Gasteiger partial charge < -0.3 is 10.1 Å². The van der Waals surface area contributed by atoms with Crippen molar-refractivity contribution >= 4 is 0 Å². The molecule has 1 aliphatic rings. The number of ether oxygens (including phenoxy) is 1. The molecule has 0 radical (unpaired) electrons. The lowest BCUT2D eigenvalue weighted by atomic mass is 9.86. The smallest absolute Gasteiger partial charge is 0.119 e. The zero-order valence-electron chi connectivity index (χ0n) is 12.7. The molecule has 2 unspecified atom stereocenters. The molecule has 0 amide bonds. The molecule has 2 nitrogen and oxygen atoms in total. The van der Waals surface area contributed by atoms with E-state index < -0.39 is 0 Å². The highest BCUT2D eigenvalue weighted by Crippen LogP contribution is 2.33. The summed E-state index contributed by atoms with van der Waals surface area (Å²) in [6.45, 7) is 6.87. The minimum Gasteiger partial charge on any atom is -0.497 e. The molecule has 0 aromatic heterocycles. The molecule has 0 aliphatic heterocycles. The Balaban J connectivity index is 2.20. The molecule has 2 heteroatoms. The predicted octanol–water partition coefficient (Wildman–Crippen LogP) is 4.10. The van der Waals surface area contributed by atoms with Gasteiger partial charge in [-0.1, -0.05) is 26.8 Å². The van der Waals surface area contributed by atoms with Gasteiger partial charge in [0.1, 0.15) is 5.75 Å². The van der Waals surface area contributed by atoms with Crippen molar-refractivity contribution in [1.82, 2.24) is 5.32 Å². The summed E-state index contributed by atoms with van der Waals surface area (Å²) in [7, 11) is 1.75. The van der Waals surface area contributed by atoms with Crippen molar-refractivity contribution in [3.05, 3.63) is 29.3 Å². The SMILES string of the molecule is CCC(NC1CCCc2ccc(OC)cc21)C(C)C. The average molecular weight is 261 g/mol. The first-order valence-corrected chi connectivity index (χ1v) is 7.58. The largest absolute Gasteiger partial charge is 0.497 e. The third kappa shape index (κ3) is 3.30. The van der Waals surface area contributed by atoms with E-state index in [2.05, 4.69) is 44.3 Å². The molecule has 1 aromatic carbocycles. The van der Waals surface area contributed by atoms with Gasteiger partial charge >= 0.3 is 0 Å². The summed E-state index contributed by atoms with van der Waals surface area (Å²) in [5, 5.41) is 3.86. The molecule has 2 atom stereocenters. The molecule has 0 heterocycles. The van der Waals surface area contributed by atoms with E-state index in [-0.39, 0.29) is 0 Å². The maximum atomic E-state index is 5.38. The van der Waals surface area contributed by atoms with Crippen LogP contribution in [-0.2, 0) is 6.42 Å². The van der Waals surface area contributed by atoms with Crippen molar-refractivity contribution in [2.75, 3.05) is 7.11 Å². The lowest BCUT2D eigenvalue weighted by Gasteiger charge is -2.32. The third-order valence-electron chi connectivity index (χ3n) is 4.33. The van der Waals surface area contributed by atoms with E-state index in [4.69, 9.17) is 4.74 Å². The highest BCUT2D eigenvalue weighted by atomic mass is 16.5. The number of hydrogen-bond donors (Lipinski definition) is 1. The first kappa shape index (κ1) is 14.4. The summed E-state index contributed by atoms with van der Waals surface area (Å²) < 4.78 is 5.38. The van der Waals surface area contributed by atoms with Crippen molar-refractivity contribution in [2.45, 2.75) is 58.5 Å². The van der Waals surface area contributed by atoms with Crippen LogP contribution in [-0.4, -0.2) is 13.2 Å². The van der Waals surface area contributed by atoms with Gasteiger partial charge in [0.05, 0.1) is 7.11 Å². The standard InChI is InChI=1S/C17H27NO/c1-5-16(12(2)3)18-17-8-6-7-13-9-10-14(19-4)11-15(13)17/h9-12,16-18H,5-8H2,1-4H3. The second kappa shape index (κ2) is 6.42. The lowest BCUT2D eigenvalue weighted by molar-refractivity contribution is 0.324. The van der Waals surface area contributed by atoms with Gasteiger partial charge in [-0.25, -0.2) is 0 Å². The van der Waals surface area contributed by atoms with Gasteiger partial charge in [0.2, 0.25) is 0 Å². The molecule has 1 N–H and O–H groups in total. The zero-order chi connectivity index (χ0) is 13.8. The number of methoxy groups -OCH3 is 1. The van der Waals surface area contributed by atoms with Crippen molar-refractivity contribution in [3.8, 4) is 5.75 Å². The van der Waals surface area contributed by atoms with Crippen molar-refractivity contribution in [1.29, 1.82) is 0 Å². The maximum Gasteiger partial charge on any atom is 0.119 e. The second-order valence-corrected chi connectivity index (χ2v) is 5.93. The molecule has 106 valence electrons. The topological polar surface area (TPSA) is 21.3 Å². The fraction of sp³-hybridized carbons (Fsp3) is 0.647. The van der Waals surface area contributed by atoms with Gasteiger partial charge in [-0.05, 0) is 54.9 Å². The van der Waals surface area contributed by atoms with Crippen LogP contribution in [0.5, 0.6) is 5.75 Å². The van der Waals surface area contributed by atoms with Crippen LogP contribution in [0.1, 0.15) is 57.2 Å². The zero-order valence-corrected chi connectivity index (χ0v) is 12.7. The Morgan fingerprint density at radius 3 is 2.79 bits per heavy atom. The number of fused-ring (bicyclic) bond motifs is 1. The first-order valence-electron chi connectivity index (χ1n) is 7.58. The number of aryl methyl sites for hydroxylation is 1. The van der Waals surface area contributed by atoms with Gasteiger partial charge in [-0.2, -0.15) is 0 Å². The maximum absolute atomic E-state index is 5.38. The predicted molar refractivity (Wildman–Crippen MR) is 80.7 cm³/mol. The summed E-state index contributed by atoms with van der Waals surface area (Å²) in [5.74, 6) is 1.66. The summed E-state index contributed by atoms with van der Waals surface area (Å²) in [4.78, 5) is 0. The van der Waals surface area contributed by atoms with Crippen LogP contribution in [0, 0.1) is 5.92 Å². The van der Waals surface area contributed by atoms with Crippen molar-refractivity contribution in [2.24, 2.45) is 5.92 Å². The molecule has 0 saturated carbocycles. The summed E-state index contributed by atoms with van der Waals surface area (Å²) >= 11 is 0. The lowest BCUT2D eigenvalue weighted by Crippen LogP contribution is -2.37. The van der Waals surface area contributed by atoms with Crippen LogP contribution in [0.3, 0.4) is 0 Å². The van der Waals surface area contributed by atoms with Crippen LogP contribution in [0.2, 0.25) is 0 Å². The van der Waals surface area contributed by atoms with Crippen LogP contribution in [0.15, 0.2) is 18.2 Å². The molecule has 0 fully saturated rings. The number of rotatable bonds is 5. The summed E-state index contributed by atoms with van der Waals surface area (Å²) in [6, 6.07) is 7.63. The van der Waals surface area contributed by atoms with E-state index in [0.717, 1.165) is 5.75 Å². The van der Waals surface area contributed by atoms with Crippen LogP contribution < -0.4 is 10.1 Å². The van der Waals surface area contributed by atoms with E-state index in [9.17, 15) is 0 Å². The van der Waals surface area contributed by atoms with E-state index >= 15 is 0 Å². The van der Waals surface area contributed by atoms with Gasteiger partial charge in [0.25, 0.3) is 0 Å². The monoisotopic (exact) mass is 261 g/mol. The van der Waals surface area contributed by atoms with Crippen molar-refractivity contribution < 1.29 is 4.74 Å². The summed E-state index contributed by atoms with van der Waals surface area (Å²) in [6.07, 6.45) is 4.92. The van der Waals surface area contributed by atoms with E-state index in [1.165, 1.54) is 36.8 Å². The van der Waals surface area contributed by atoms with Gasteiger partial charge in [-0.3, -0.25) is 0 Å². The quantitative estimate of drug-likeness (QED) is 0.861. The number of benzene rings is 1. The Bertz CT molecular complexity index is 414. The Morgan fingerprint density at radius 2 is 2.16 bits per heavy atom. The van der Waals surface area contributed by atoms with Crippen LogP contribution >= 0.6 is 0 Å². The fourth-order valence-electron chi connectivity index (χ4n) is 3.12. The molecule has 19 heavy (non-hydrogen) atoms. The van der Waals surface area contributed by atoms with E-state index in [1.54, 1.807) is 7.11 Å². The van der Waals surface area contributed by atoms with Gasteiger partial charge in [0, 0.05) is 12.1 Å². The first-order chi connectivity index (χ1) is 9.15. The van der Waals surface area contributed by atoms with Gasteiger partial charge in [0.15, 0.2) is 0 Å². The Labute approximate surface area is 117 Å². The molecule has 0 spiro atoms. The molecular weight excluding hydrogens is 234 g/mol. The average Bonchev–Trinajstić information content (AvgIpc) is 2.43. The molecule has 0 bridgehead atoms. The van der Waals surface area contributed by atoms with E-state index in [0.29, 0.717) is 18.0 Å². The number of nitrogens with one attached hydrogen (secondary N) is 1. The van der Waals surface area contributed by atoms with E-state index in [1.807, 2.05) is 0 Å². The molecule has 1 aliphatic carbocycles. The van der Waals surface area contributed by atoms with Crippen LogP contribution in [0.25, 0.3) is 0 Å². The fourth-order valence-corrected chi connectivity index (χ4v) is 3.12. The highest BCUT2D eigenvalue weighted by molar-refractivity contribution is 5.39. The molecular formula is C17H27NO. The molecule has 0 saturated heterocycles. The Hall–Kier alpha value is -1.02. The minimum atomic E-state index is 0.492. The van der Waals surface area contributed by atoms with Crippen molar-refractivity contribution in [3.63, 3.8) is 0 Å². The third-order valence-corrected chi connectivity index (χ3v) is 4.33. The molecule has 1 aromatic rings. The Morgan fingerprint density at radius 1 is 1.37 bits per heavy atom. The number of hydrogen-bond acceptors (Lipinski definition) is 2. The van der Waals surface area contributed by atoms with Gasteiger partial charge in [-0.15, -0.1) is 0 Å². The summed E-state index contributed by atoms with van der Waals surface area (Å²) in [5.41, 5.74) is 2.94. The second-order valence-electron chi connectivity index (χ2n) is 5.93. The Kier molecular flexibility index (Phi) is 4.87. The normalized spacial score (nSPS) is 20.2. The molecule has 2 rings (SSSR count).